The lowest BCUT2D eigenvalue weighted by Crippen LogP contribution is -2.30. The molecule has 0 saturated heterocycles. The van der Waals surface area contributed by atoms with E-state index in [2.05, 4.69) is 10.6 Å². The Hall–Kier alpha value is -2.66. The van der Waals surface area contributed by atoms with Gasteiger partial charge in [-0.15, -0.1) is 0 Å². The summed E-state index contributed by atoms with van der Waals surface area (Å²) in [4.78, 5) is 24.3. The summed E-state index contributed by atoms with van der Waals surface area (Å²) in [5, 5.41) is 14.7. The summed E-state index contributed by atoms with van der Waals surface area (Å²) in [6.45, 7) is 0.109. The van der Waals surface area contributed by atoms with E-state index in [1.54, 1.807) is 0 Å². The molecule has 2 amide bonds. The van der Waals surface area contributed by atoms with Gasteiger partial charge in [-0.1, -0.05) is 30.3 Å². The molecule has 0 aromatic heterocycles. The predicted molar refractivity (Wildman–Crippen MR) is 97.4 cm³/mol. The van der Waals surface area contributed by atoms with Gasteiger partial charge in [0, 0.05) is 30.3 Å². The van der Waals surface area contributed by atoms with E-state index in [9.17, 15) is 9.59 Å². The molecule has 1 aliphatic rings. The minimum atomic E-state index is -0.174. The van der Waals surface area contributed by atoms with Crippen molar-refractivity contribution in [3.05, 3.63) is 59.7 Å². The van der Waals surface area contributed by atoms with Crippen LogP contribution in [0.3, 0.4) is 0 Å². The molecule has 1 atom stereocenters. The van der Waals surface area contributed by atoms with E-state index >= 15 is 0 Å². The maximum atomic E-state index is 12.2. The molecule has 0 saturated carbocycles. The standard InChI is InChI=1S/C20H22N2O3/c23-12-11-14-5-8-17(9-6-14)21-19(24)10-7-16-13-15-3-1-2-4-18(15)22-20(16)25/h1-6,8-9,16,23H,7,10-13H2,(H,21,24)(H,22,25). The molecule has 2 aromatic rings. The van der Waals surface area contributed by atoms with Crippen molar-refractivity contribution in [2.24, 2.45) is 5.92 Å². The summed E-state index contributed by atoms with van der Waals surface area (Å²) in [5.41, 5.74) is 3.74. The quantitative estimate of drug-likeness (QED) is 0.758. The normalized spacial score (nSPS) is 16.0. The number of aliphatic hydroxyl groups excluding tert-OH is 1. The number of anilines is 2. The lowest BCUT2D eigenvalue weighted by molar-refractivity contribution is -0.121. The third-order valence-electron chi connectivity index (χ3n) is 4.47. The Kier molecular flexibility index (Phi) is 5.46. The molecule has 3 N–H and O–H groups in total. The molecule has 1 unspecified atom stereocenters. The van der Waals surface area contributed by atoms with Crippen LogP contribution in [0.5, 0.6) is 0 Å². The van der Waals surface area contributed by atoms with Crippen molar-refractivity contribution >= 4 is 23.2 Å². The van der Waals surface area contributed by atoms with E-state index in [0.717, 1.165) is 22.5 Å². The number of nitrogens with one attached hydrogen (secondary N) is 2. The number of hydrogen-bond donors (Lipinski definition) is 3. The maximum Gasteiger partial charge on any atom is 0.227 e. The van der Waals surface area contributed by atoms with E-state index in [-0.39, 0.29) is 24.3 Å². The minimum absolute atomic E-state index is 0.0140. The zero-order valence-electron chi connectivity index (χ0n) is 14.0. The van der Waals surface area contributed by atoms with Gasteiger partial charge in [-0.25, -0.2) is 0 Å². The van der Waals surface area contributed by atoms with Gasteiger partial charge in [0.2, 0.25) is 11.8 Å². The zero-order valence-corrected chi connectivity index (χ0v) is 14.0. The van der Waals surface area contributed by atoms with Gasteiger partial charge < -0.3 is 15.7 Å². The van der Waals surface area contributed by atoms with Crippen LogP contribution in [0, 0.1) is 5.92 Å². The van der Waals surface area contributed by atoms with Crippen molar-refractivity contribution in [1.29, 1.82) is 0 Å². The second-order valence-corrected chi connectivity index (χ2v) is 6.30. The van der Waals surface area contributed by atoms with Gasteiger partial charge in [0.25, 0.3) is 0 Å². The van der Waals surface area contributed by atoms with Crippen LogP contribution in [0.15, 0.2) is 48.5 Å². The van der Waals surface area contributed by atoms with Crippen LogP contribution in [0.2, 0.25) is 0 Å². The second kappa shape index (κ2) is 7.94. The Bertz CT molecular complexity index is 756. The first-order chi connectivity index (χ1) is 12.2. The minimum Gasteiger partial charge on any atom is -0.396 e. The Labute approximate surface area is 147 Å². The number of carbonyl (C=O) groups is 2. The monoisotopic (exact) mass is 338 g/mol. The molecule has 25 heavy (non-hydrogen) atoms. The van der Waals surface area contributed by atoms with Crippen molar-refractivity contribution in [2.75, 3.05) is 17.2 Å². The Morgan fingerprint density at radius 3 is 2.68 bits per heavy atom. The van der Waals surface area contributed by atoms with E-state index in [0.29, 0.717) is 25.7 Å². The molecule has 2 aromatic carbocycles. The van der Waals surface area contributed by atoms with Gasteiger partial charge in [-0.3, -0.25) is 9.59 Å². The fourth-order valence-corrected chi connectivity index (χ4v) is 3.06. The number of para-hydroxylation sites is 1. The molecule has 0 bridgehead atoms. The maximum absolute atomic E-state index is 12.2. The third-order valence-corrected chi connectivity index (χ3v) is 4.47. The van der Waals surface area contributed by atoms with E-state index in [1.807, 2.05) is 48.5 Å². The van der Waals surface area contributed by atoms with Gasteiger partial charge in [0.15, 0.2) is 0 Å². The molecule has 5 nitrogen and oxygen atoms in total. The topological polar surface area (TPSA) is 78.4 Å². The molecule has 130 valence electrons. The summed E-state index contributed by atoms with van der Waals surface area (Å²) >= 11 is 0. The zero-order chi connectivity index (χ0) is 17.6. The number of hydrogen-bond acceptors (Lipinski definition) is 3. The fraction of sp³-hybridized carbons (Fsp3) is 0.300. The molecule has 0 radical (unpaired) electrons. The highest BCUT2D eigenvalue weighted by Gasteiger charge is 2.26. The highest BCUT2D eigenvalue weighted by molar-refractivity contribution is 5.96. The average Bonchev–Trinajstić information content (AvgIpc) is 2.62. The molecular weight excluding hydrogens is 316 g/mol. The molecule has 5 heteroatoms. The molecule has 1 heterocycles. The van der Waals surface area contributed by atoms with Crippen LogP contribution in [0.4, 0.5) is 11.4 Å². The predicted octanol–water partition coefficient (Wildman–Crippen LogP) is 2.75. The Balaban J connectivity index is 1.51. The smallest absolute Gasteiger partial charge is 0.227 e. The number of fused-ring (bicyclic) bond motifs is 1. The van der Waals surface area contributed by atoms with Gasteiger partial charge in [0.1, 0.15) is 0 Å². The van der Waals surface area contributed by atoms with Crippen LogP contribution in [-0.4, -0.2) is 23.5 Å². The summed E-state index contributed by atoms with van der Waals surface area (Å²) in [6.07, 6.45) is 2.10. The summed E-state index contributed by atoms with van der Waals surface area (Å²) in [7, 11) is 0. The highest BCUT2D eigenvalue weighted by atomic mass is 16.3. The van der Waals surface area contributed by atoms with E-state index in [4.69, 9.17) is 5.11 Å². The van der Waals surface area contributed by atoms with E-state index < -0.39 is 0 Å². The highest BCUT2D eigenvalue weighted by Crippen LogP contribution is 2.27. The number of benzene rings is 2. The fourth-order valence-electron chi connectivity index (χ4n) is 3.06. The van der Waals surface area contributed by atoms with Crippen LogP contribution < -0.4 is 10.6 Å². The molecular formula is C20H22N2O3. The van der Waals surface area contributed by atoms with Gasteiger partial charge in [0.05, 0.1) is 0 Å². The molecule has 0 spiro atoms. The number of rotatable bonds is 6. The first kappa shape index (κ1) is 17.2. The lowest BCUT2D eigenvalue weighted by atomic mass is 9.89. The number of carbonyl (C=O) groups excluding carboxylic acids is 2. The van der Waals surface area contributed by atoms with Gasteiger partial charge in [-0.05, 0) is 48.6 Å². The number of aliphatic hydroxyl groups is 1. The van der Waals surface area contributed by atoms with Crippen molar-refractivity contribution < 1.29 is 14.7 Å². The van der Waals surface area contributed by atoms with Crippen LogP contribution in [-0.2, 0) is 22.4 Å². The molecule has 1 aliphatic heterocycles. The molecule has 3 rings (SSSR count). The lowest BCUT2D eigenvalue weighted by Gasteiger charge is -2.24. The Morgan fingerprint density at radius 1 is 1.16 bits per heavy atom. The summed E-state index contributed by atoms with van der Waals surface area (Å²) < 4.78 is 0. The third kappa shape index (κ3) is 4.45. The first-order valence-electron chi connectivity index (χ1n) is 8.54. The van der Waals surface area contributed by atoms with Gasteiger partial charge in [-0.2, -0.15) is 0 Å². The summed E-state index contributed by atoms with van der Waals surface area (Å²) in [5.74, 6) is -0.283. The first-order valence-corrected chi connectivity index (χ1v) is 8.54. The van der Waals surface area contributed by atoms with Crippen molar-refractivity contribution in [2.45, 2.75) is 25.7 Å². The number of amides is 2. The Morgan fingerprint density at radius 2 is 1.92 bits per heavy atom. The van der Waals surface area contributed by atoms with Crippen molar-refractivity contribution in [3.63, 3.8) is 0 Å². The van der Waals surface area contributed by atoms with E-state index in [1.165, 1.54) is 0 Å². The van der Waals surface area contributed by atoms with Crippen molar-refractivity contribution in [3.8, 4) is 0 Å². The van der Waals surface area contributed by atoms with Crippen molar-refractivity contribution in [1.82, 2.24) is 0 Å². The SMILES string of the molecule is O=C(CCC1Cc2ccccc2NC1=O)Nc1ccc(CCO)cc1. The second-order valence-electron chi connectivity index (χ2n) is 6.30. The molecule has 0 aliphatic carbocycles. The van der Waals surface area contributed by atoms with Crippen LogP contribution in [0.25, 0.3) is 0 Å². The summed E-state index contributed by atoms with van der Waals surface area (Å²) in [6, 6.07) is 15.2. The average molecular weight is 338 g/mol. The van der Waals surface area contributed by atoms with Crippen LogP contribution in [0.1, 0.15) is 24.0 Å². The largest absolute Gasteiger partial charge is 0.396 e. The van der Waals surface area contributed by atoms with Crippen LogP contribution >= 0.6 is 0 Å². The van der Waals surface area contributed by atoms with Gasteiger partial charge >= 0.3 is 0 Å². The molecule has 0 fully saturated rings.